The van der Waals surface area contributed by atoms with Crippen molar-refractivity contribution in [3.8, 4) is 5.69 Å². The van der Waals surface area contributed by atoms with Crippen molar-refractivity contribution in [3.05, 3.63) is 99.3 Å². The molecule has 1 amide bonds. The lowest BCUT2D eigenvalue weighted by atomic mass is 10.2. The summed E-state index contributed by atoms with van der Waals surface area (Å²) >= 11 is 7.25. The second-order valence-electron chi connectivity index (χ2n) is 6.99. The van der Waals surface area contributed by atoms with Crippen LogP contribution in [0.25, 0.3) is 16.6 Å². The predicted octanol–water partition coefficient (Wildman–Crippen LogP) is 4.59. The van der Waals surface area contributed by atoms with Crippen molar-refractivity contribution in [2.75, 3.05) is 5.75 Å². The van der Waals surface area contributed by atoms with Crippen LogP contribution < -0.4 is 11.0 Å². The first-order valence-electron chi connectivity index (χ1n) is 9.81. The zero-order valence-corrected chi connectivity index (χ0v) is 18.7. The minimum atomic E-state index is -0.323. The maximum Gasteiger partial charge on any atom is 0.266 e. The normalized spacial score (nSPS) is 11.2. The van der Waals surface area contributed by atoms with E-state index in [2.05, 4.69) is 15.5 Å². The number of nitrogens with zero attached hydrogens (tertiary/aromatic N) is 3. The van der Waals surface area contributed by atoms with Crippen molar-refractivity contribution in [1.82, 2.24) is 15.0 Å². The van der Waals surface area contributed by atoms with E-state index < -0.39 is 0 Å². The number of amides is 1. The predicted molar refractivity (Wildman–Crippen MR) is 130 cm³/mol. The molecular formula is C24H19ClN4O2S. The molecule has 160 valence electrons. The largest absolute Gasteiger partial charge is 0.272 e. The topological polar surface area (TPSA) is 76.3 Å². The number of benzene rings is 3. The monoisotopic (exact) mass is 462 g/mol. The van der Waals surface area contributed by atoms with Crippen LogP contribution in [0.3, 0.4) is 0 Å². The highest BCUT2D eigenvalue weighted by molar-refractivity contribution is 7.99. The van der Waals surface area contributed by atoms with Crippen LogP contribution in [-0.2, 0) is 4.79 Å². The van der Waals surface area contributed by atoms with Crippen molar-refractivity contribution >= 4 is 46.4 Å². The number of carbonyl (C=O) groups excluding carboxylic acids is 1. The molecule has 0 fully saturated rings. The number of hydrazone groups is 1. The van der Waals surface area contributed by atoms with E-state index in [1.54, 1.807) is 24.3 Å². The smallest absolute Gasteiger partial charge is 0.266 e. The maximum atomic E-state index is 13.2. The van der Waals surface area contributed by atoms with E-state index in [9.17, 15) is 9.59 Å². The van der Waals surface area contributed by atoms with Crippen LogP contribution in [0.4, 0.5) is 0 Å². The quantitative estimate of drug-likeness (QED) is 0.197. The first-order chi connectivity index (χ1) is 15.5. The molecule has 0 aliphatic carbocycles. The lowest BCUT2D eigenvalue weighted by Crippen LogP contribution is -2.24. The number of aryl methyl sites for hydroxylation is 1. The molecule has 0 atom stereocenters. The Labute approximate surface area is 194 Å². The number of hydrogen-bond acceptors (Lipinski definition) is 5. The summed E-state index contributed by atoms with van der Waals surface area (Å²) in [5.74, 6) is -0.285. The second kappa shape index (κ2) is 9.80. The van der Waals surface area contributed by atoms with Gasteiger partial charge in [-0.25, -0.2) is 10.4 Å². The minimum Gasteiger partial charge on any atom is -0.272 e. The summed E-state index contributed by atoms with van der Waals surface area (Å²) in [4.78, 5) is 30.2. The van der Waals surface area contributed by atoms with Gasteiger partial charge in [0.25, 0.3) is 11.5 Å². The number of fused-ring (bicyclic) bond motifs is 1. The fraction of sp³-hybridized carbons (Fsp3) is 0.0833. The van der Waals surface area contributed by atoms with Gasteiger partial charge in [-0.2, -0.15) is 5.10 Å². The molecule has 0 spiro atoms. The van der Waals surface area contributed by atoms with Crippen LogP contribution in [0.5, 0.6) is 0 Å². The molecule has 0 saturated carbocycles. The minimum absolute atomic E-state index is 0.0382. The first-order valence-corrected chi connectivity index (χ1v) is 11.2. The summed E-state index contributed by atoms with van der Waals surface area (Å²) in [6, 6.07) is 22.0. The third-order valence-electron chi connectivity index (χ3n) is 4.67. The zero-order chi connectivity index (χ0) is 22.5. The van der Waals surface area contributed by atoms with Gasteiger partial charge in [0.05, 0.1) is 28.6 Å². The first kappa shape index (κ1) is 21.8. The van der Waals surface area contributed by atoms with Gasteiger partial charge >= 0.3 is 0 Å². The van der Waals surface area contributed by atoms with E-state index >= 15 is 0 Å². The van der Waals surface area contributed by atoms with E-state index in [0.717, 1.165) is 5.56 Å². The third kappa shape index (κ3) is 4.90. The molecule has 1 heterocycles. The van der Waals surface area contributed by atoms with Crippen molar-refractivity contribution in [2.45, 2.75) is 12.1 Å². The maximum absolute atomic E-state index is 13.2. The summed E-state index contributed by atoms with van der Waals surface area (Å²) < 4.78 is 1.53. The number of carbonyl (C=O) groups is 1. The number of hydrogen-bond donors (Lipinski definition) is 1. The lowest BCUT2D eigenvalue weighted by Gasteiger charge is -2.13. The Balaban J connectivity index is 1.57. The Bertz CT molecular complexity index is 1370. The summed E-state index contributed by atoms with van der Waals surface area (Å²) in [7, 11) is 0. The van der Waals surface area contributed by atoms with Gasteiger partial charge in [0.1, 0.15) is 0 Å². The molecule has 0 aliphatic heterocycles. The Morgan fingerprint density at radius 2 is 1.81 bits per heavy atom. The van der Waals surface area contributed by atoms with E-state index in [1.165, 1.54) is 22.5 Å². The number of halogens is 1. The number of thioether (sulfide) groups is 1. The van der Waals surface area contributed by atoms with Crippen molar-refractivity contribution in [2.24, 2.45) is 5.10 Å². The van der Waals surface area contributed by atoms with Gasteiger partial charge in [0.2, 0.25) is 0 Å². The zero-order valence-electron chi connectivity index (χ0n) is 17.2. The average molecular weight is 463 g/mol. The van der Waals surface area contributed by atoms with E-state index in [0.29, 0.717) is 32.3 Å². The van der Waals surface area contributed by atoms with Crippen LogP contribution in [0.2, 0.25) is 5.02 Å². The van der Waals surface area contributed by atoms with Gasteiger partial charge in [-0.05, 0) is 37.3 Å². The standard InChI is InChI=1S/C24H19ClN4O2S/c1-16-10-12-18(13-11-16)29-23(31)19-7-3-5-9-21(19)27-24(29)32-15-22(30)28-26-14-17-6-2-4-8-20(17)25/h2-14H,15H2,1H3,(H,28,30)/b26-14-. The summed E-state index contributed by atoms with van der Waals surface area (Å²) in [6.07, 6.45) is 1.49. The second-order valence-corrected chi connectivity index (χ2v) is 8.34. The Morgan fingerprint density at radius 1 is 1.09 bits per heavy atom. The Hall–Kier alpha value is -3.42. The molecule has 0 bridgehead atoms. The molecular weight excluding hydrogens is 444 g/mol. The van der Waals surface area contributed by atoms with Crippen molar-refractivity contribution < 1.29 is 4.79 Å². The molecule has 0 unspecified atom stereocenters. The Kier molecular flexibility index (Phi) is 6.68. The summed E-state index contributed by atoms with van der Waals surface area (Å²) in [5.41, 5.74) is 5.36. The van der Waals surface area contributed by atoms with Crippen LogP contribution in [0.1, 0.15) is 11.1 Å². The Morgan fingerprint density at radius 3 is 2.59 bits per heavy atom. The van der Waals surface area contributed by atoms with Crippen LogP contribution in [0.15, 0.2) is 87.8 Å². The molecule has 0 radical (unpaired) electrons. The molecule has 0 saturated heterocycles. The van der Waals surface area contributed by atoms with E-state index in [-0.39, 0.29) is 17.2 Å². The number of aromatic nitrogens is 2. The fourth-order valence-electron chi connectivity index (χ4n) is 3.05. The van der Waals surface area contributed by atoms with Crippen LogP contribution in [0, 0.1) is 6.92 Å². The third-order valence-corrected chi connectivity index (χ3v) is 5.95. The molecule has 4 aromatic rings. The van der Waals surface area contributed by atoms with Gasteiger partial charge < -0.3 is 0 Å². The number of rotatable bonds is 6. The highest BCUT2D eigenvalue weighted by Crippen LogP contribution is 2.21. The fourth-order valence-corrected chi connectivity index (χ4v) is 4.04. The molecule has 0 aliphatic rings. The molecule has 1 N–H and O–H groups in total. The van der Waals surface area contributed by atoms with E-state index in [4.69, 9.17) is 11.6 Å². The molecule has 4 rings (SSSR count). The van der Waals surface area contributed by atoms with Gasteiger partial charge in [-0.3, -0.25) is 14.2 Å². The number of para-hydroxylation sites is 1. The summed E-state index contributed by atoms with van der Waals surface area (Å²) in [5, 5.41) is 5.46. The van der Waals surface area contributed by atoms with Gasteiger partial charge in [-0.15, -0.1) is 0 Å². The van der Waals surface area contributed by atoms with Crippen LogP contribution in [-0.4, -0.2) is 27.4 Å². The van der Waals surface area contributed by atoms with Crippen molar-refractivity contribution in [1.29, 1.82) is 0 Å². The molecule has 3 aromatic carbocycles. The highest BCUT2D eigenvalue weighted by Gasteiger charge is 2.14. The SMILES string of the molecule is Cc1ccc(-n2c(SCC(=O)N/N=C\c3ccccc3Cl)nc3ccccc3c2=O)cc1. The number of nitrogens with one attached hydrogen (secondary N) is 1. The average Bonchev–Trinajstić information content (AvgIpc) is 2.80. The van der Waals surface area contributed by atoms with Crippen molar-refractivity contribution in [3.63, 3.8) is 0 Å². The molecule has 6 nitrogen and oxygen atoms in total. The molecule has 32 heavy (non-hydrogen) atoms. The van der Waals surface area contributed by atoms with Gasteiger partial charge in [0.15, 0.2) is 5.16 Å². The van der Waals surface area contributed by atoms with Gasteiger partial charge in [0, 0.05) is 10.6 Å². The van der Waals surface area contributed by atoms with Crippen LogP contribution >= 0.6 is 23.4 Å². The molecule has 8 heteroatoms. The van der Waals surface area contributed by atoms with Gasteiger partial charge in [-0.1, -0.05) is 71.4 Å². The molecule has 1 aromatic heterocycles. The lowest BCUT2D eigenvalue weighted by molar-refractivity contribution is -0.118. The highest BCUT2D eigenvalue weighted by atomic mass is 35.5. The van der Waals surface area contributed by atoms with E-state index in [1.807, 2.05) is 55.5 Å². The summed E-state index contributed by atoms with van der Waals surface area (Å²) in [6.45, 7) is 1.98.